The van der Waals surface area contributed by atoms with Crippen LogP contribution in [0.15, 0.2) is 17.5 Å². The zero-order valence-corrected chi connectivity index (χ0v) is 12.3. The first kappa shape index (κ1) is 15.0. The van der Waals surface area contributed by atoms with Crippen LogP contribution in [0.3, 0.4) is 0 Å². The maximum atomic E-state index is 11.9. The fourth-order valence-electron chi connectivity index (χ4n) is 2.38. The molecule has 2 rings (SSSR count). The van der Waals surface area contributed by atoms with Crippen molar-refractivity contribution < 1.29 is 14.7 Å². The van der Waals surface area contributed by atoms with Crippen LogP contribution in [0.2, 0.25) is 0 Å². The van der Waals surface area contributed by atoms with Crippen molar-refractivity contribution in [1.82, 2.24) is 10.6 Å². The molecule has 0 bridgehead atoms. The Morgan fingerprint density at radius 3 is 2.90 bits per heavy atom. The molecule has 1 aliphatic rings. The number of amides is 2. The van der Waals surface area contributed by atoms with E-state index in [1.165, 1.54) is 11.3 Å². The molecular weight excluding hydrogens is 276 g/mol. The molecule has 0 spiro atoms. The van der Waals surface area contributed by atoms with Crippen molar-refractivity contribution in [1.29, 1.82) is 0 Å². The minimum absolute atomic E-state index is 0.138. The van der Waals surface area contributed by atoms with Gasteiger partial charge in [0.2, 0.25) is 5.91 Å². The number of carbonyl (C=O) groups excluding carboxylic acids is 2. The van der Waals surface area contributed by atoms with Gasteiger partial charge < -0.3 is 15.7 Å². The smallest absolute Gasteiger partial charge is 0.261 e. The van der Waals surface area contributed by atoms with Crippen LogP contribution in [0.1, 0.15) is 35.9 Å². The molecule has 5 nitrogen and oxygen atoms in total. The Morgan fingerprint density at radius 1 is 1.50 bits per heavy atom. The maximum absolute atomic E-state index is 11.9. The number of hydrogen-bond donors (Lipinski definition) is 3. The Morgan fingerprint density at radius 2 is 2.30 bits per heavy atom. The van der Waals surface area contributed by atoms with E-state index in [4.69, 9.17) is 0 Å². The molecule has 0 radical (unpaired) electrons. The first-order valence-electron chi connectivity index (χ1n) is 6.88. The summed E-state index contributed by atoms with van der Waals surface area (Å²) in [5.41, 5.74) is 0. The van der Waals surface area contributed by atoms with Gasteiger partial charge in [-0.1, -0.05) is 12.5 Å². The highest BCUT2D eigenvalue weighted by molar-refractivity contribution is 7.12. The number of rotatable bonds is 5. The minimum atomic E-state index is -0.580. The Kier molecular flexibility index (Phi) is 5.14. The van der Waals surface area contributed by atoms with Crippen LogP contribution in [-0.4, -0.2) is 35.6 Å². The topological polar surface area (TPSA) is 78.4 Å². The van der Waals surface area contributed by atoms with E-state index in [-0.39, 0.29) is 23.8 Å². The zero-order chi connectivity index (χ0) is 14.5. The number of nitrogens with one attached hydrogen (secondary N) is 2. The number of aliphatic hydroxyl groups excluding tert-OH is 1. The molecule has 1 aliphatic carbocycles. The van der Waals surface area contributed by atoms with Gasteiger partial charge in [-0.2, -0.15) is 0 Å². The lowest BCUT2D eigenvalue weighted by Gasteiger charge is -2.18. The summed E-state index contributed by atoms with van der Waals surface area (Å²) >= 11 is 1.34. The summed E-state index contributed by atoms with van der Waals surface area (Å²) in [5.74, 6) is -0.309. The molecule has 1 aromatic rings. The van der Waals surface area contributed by atoms with Crippen LogP contribution in [0.5, 0.6) is 0 Å². The minimum Gasteiger partial charge on any atom is -0.393 e. The quantitative estimate of drug-likeness (QED) is 0.762. The highest BCUT2D eigenvalue weighted by Crippen LogP contribution is 2.24. The van der Waals surface area contributed by atoms with E-state index < -0.39 is 6.04 Å². The van der Waals surface area contributed by atoms with Crippen LogP contribution in [0, 0.1) is 5.92 Å². The summed E-state index contributed by atoms with van der Waals surface area (Å²) < 4.78 is 0. The van der Waals surface area contributed by atoms with E-state index in [0.717, 1.165) is 19.3 Å². The maximum Gasteiger partial charge on any atom is 0.261 e. The second-order valence-corrected chi connectivity index (χ2v) is 6.12. The second-order valence-electron chi connectivity index (χ2n) is 5.18. The summed E-state index contributed by atoms with van der Waals surface area (Å²) in [5, 5.41) is 17.0. The molecule has 0 aromatic carbocycles. The molecule has 1 fully saturated rings. The largest absolute Gasteiger partial charge is 0.393 e. The fourth-order valence-corrected chi connectivity index (χ4v) is 3.01. The van der Waals surface area contributed by atoms with E-state index in [1.54, 1.807) is 19.1 Å². The molecule has 110 valence electrons. The third kappa shape index (κ3) is 3.80. The first-order chi connectivity index (χ1) is 9.58. The number of hydrogen-bond acceptors (Lipinski definition) is 4. The van der Waals surface area contributed by atoms with Crippen molar-refractivity contribution in [2.45, 2.75) is 38.3 Å². The van der Waals surface area contributed by atoms with Crippen LogP contribution in [-0.2, 0) is 4.79 Å². The molecule has 1 saturated carbocycles. The molecular formula is C14H20N2O3S. The Bertz CT molecular complexity index is 461. The van der Waals surface area contributed by atoms with E-state index in [9.17, 15) is 14.7 Å². The van der Waals surface area contributed by atoms with E-state index in [2.05, 4.69) is 10.6 Å². The average Bonchev–Trinajstić information content (AvgIpc) is 3.07. The summed E-state index contributed by atoms with van der Waals surface area (Å²) in [7, 11) is 0. The van der Waals surface area contributed by atoms with Gasteiger partial charge >= 0.3 is 0 Å². The number of aliphatic hydroxyl groups is 1. The van der Waals surface area contributed by atoms with Gasteiger partial charge in [0, 0.05) is 12.5 Å². The van der Waals surface area contributed by atoms with Crippen LogP contribution < -0.4 is 10.6 Å². The summed E-state index contributed by atoms with van der Waals surface area (Å²) in [4.78, 5) is 24.3. The van der Waals surface area contributed by atoms with E-state index in [1.807, 2.05) is 5.38 Å². The van der Waals surface area contributed by atoms with Crippen molar-refractivity contribution in [3.63, 3.8) is 0 Å². The fraction of sp³-hybridized carbons (Fsp3) is 0.571. The molecule has 6 heteroatoms. The predicted octanol–water partition coefficient (Wildman–Crippen LogP) is 1.14. The van der Waals surface area contributed by atoms with Crippen molar-refractivity contribution in [2.24, 2.45) is 5.92 Å². The van der Waals surface area contributed by atoms with Gasteiger partial charge in [-0.05, 0) is 31.2 Å². The molecule has 1 aromatic heterocycles. The Balaban J connectivity index is 1.76. The van der Waals surface area contributed by atoms with Crippen LogP contribution >= 0.6 is 11.3 Å². The van der Waals surface area contributed by atoms with Gasteiger partial charge in [0.05, 0.1) is 11.0 Å². The number of carbonyl (C=O) groups is 2. The summed E-state index contributed by atoms with van der Waals surface area (Å²) in [6.45, 7) is 2.13. The molecule has 0 saturated heterocycles. The molecule has 2 amide bonds. The lowest BCUT2D eigenvalue weighted by molar-refractivity contribution is -0.122. The van der Waals surface area contributed by atoms with Gasteiger partial charge in [-0.15, -0.1) is 11.3 Å². The normalized spacial score (nSPS) is 23.3. The molecule has 0 aliphatic heterocycles. The van der Waals surface area contributed by atoms with Gasteiger partial charge in [0.25, 0.3) is 5.91 Å². The van der Waals surface area contributed by atoms with Gasteiger partial charge in [-0.3, -0.25) is 9.59 Å². The second kappa shape index (κ2) is 6.85. The Hall–Kier alpha value is -1.40. The summed E-state index contributed by atoms with van der Waals surface area (Å²) in [6, 6.07) is 2.94. The molecule has 1 heterocycles. The van der Waals surface area contributed by atoms with Crippen molar-refractivity contribution in [3.8, 4) is 0 Å². The number of thiophene rings is 1. The van der Waals surface area contributed by atoms with Crippen molar-refractivity contribution in [2.75, 3.05) is 6.54 Å². The van der Waals surface area contributed by atoms with Gasteiger partial charge in [0.15, 0.2) is 0 Å². The average molecular weight is 296 g/mol. The monoisotopic (exact) mass is 296 g/mol. The molecule has 3 atom stereocenters. The van der Waals surface area contributed by atoms with E-state index >= 15 is 0 Å². The Labute approximate surface area is 122 Å². The lowest BCUT2D eigenvalue weighted by atomic mass is 10.1. The van der Waals surface area contributed by atoms with E-state index in [0.29, 0.717) is 11.4 Å². The lowest BCUT2D eigenvalue weighted by Crippen LogP contribution is -2.46. The van der Waals surface area contributed by atoms with Gasteiger partial charge in [-0.25, -0.2) is 0 Å². The van der Waals surface area contributed by atoms with Gasteiger partial charge in [0.1, 0.15) is 6.04 Å². The molecule has 3 N–H and O–H groups in total. The van der Waals surface area contributed by atoms with Crippen molar-refractivity contribution in [3.05, 3.63) is 22.4 Å². The standard InChI is InChI=1S/C14H20N2O3S/c1-9(16-14(19)12-6-3-7-20-12)13(18)15-8-10-4-2-5-11(10)17/h3,6-7,9-11,17H,2,4-5,8H2,1H3,(H,15,18)(H,16,19). The highest BCUT2D eigenvalue weighted by atomic mass is 32.1. The van der Waals surface area contributed by atoms with Crippen molar-refractivity contribution >= 4 is 23.2 Å². The third-order valence-electron chi connectivity index (χ3n) is 3.64. The molecule has 20 heavy (non-hydrogen) atoms. The SMILES string of the molecule is CC(NC(=O)c1cccs1)C(=O)NCC1CCCC1O. The van der Waals surface area contributed by atoms with Crippen LogP contribution in [0.4, 0.5) is 0 Å². The predicted molar refractivity (Wildman–Crippen MR) is 77.6 cm³/mol. The first-order valence-corrected chi connectivity index (χ1v) is 7.76. The third-order valence-corrected chi connectivity index (χ3v) is 4.51. The highest BCUT2D eigenvalue weighted by Gasteiger charge is 2.26. The summed E-state index contributed by atoms with van der Waals surface area (Å²) in [6.07, 6.45) is 2.45. The van der Waals surface area contributed by atoms with Crippen LogP contribution in [0.25, 0.3) is 0 Å². The zero-order valence-electron chi connectivity index (χ0n) is 11.5. The molecule has 3 unspecified atom stereocenters.